The van der Waals surface area contributed by atoms with Gasteiger partial charge < -0.3 is 10.2 Å². The summed E-state index contributed by atoms with van der Waals surface area (Å²) in [6.07, 6.45) is 3.94. The van der Waals surface area contributed by atoms with Crippen molar-refractivity contribution < 1.29 is 4.39 Å². The summed E-state index contributed by atoms with van der Waals surface area (Å²) in [5, 5.41) is 8.04. The van der Waals surface area contributed by atoms with Crippen LogP contribution in [0.2, 0.25) is 5.02 Å². The Hall–Kier alpha value is -1.70. The van der Waals surface area contributed by atoms with Crippen molar-refractivity contribution in [1.82, 2.24) is 19.6 Å². The summed E-state index contributed by atoms with van der Waals surface area (Å²) < 4.78 is 15.0. The van der Waals surface area contributed by atoms with Gasteiger partial charge in [-0.1, -0.05) is 11.6 Å². The first-order chi connectivity index (χ1) is 11.5. The molecular weight excluding hydrogens is 349 g/mol. The lowest BCUT2D eigenvalue weighted by molar-refractivity contribution is 0.177. The van der Waals surface area contributed by atoms with Gasteiger partial charge >= 0.3 is 0 Å². The highest BCUT2D eigenvalue weighted by molar-refractivity contribution is 7.80. The monoisotopic (exact) mass is 367 g/mol. The number of aryl methyl sites for hydroxylation is 1. The number of aromatic nitrogens is 2. The van der Waals surface area contributed by atoms with Crippen molar-refractivity contribution in [3.63, 3.8) is 0 Å². The molecule has 0 atom stereocenters. The third kappa shape index (κ3) is 4.23. The maximum Gasteiger partial charge on any atom is 0.173 e. The highest BCUT2D eigenvalue weighted by Gasteiger charge is 2.19. The number of hydrogen-bond acceptors (Lipinski definition) is 3. The van der Waals surface area contributed by atoms with Gasteiger partial charge in [0.25, 0.3) is 0 Å². The van der Waals surface area contributed by atoms with Gasteiger partial charge in [0.1, 0.15) is 5.82 Å². The first kappa shape index (κ1) is 17.1. The van der Waals surface area contributed by atoms with Crippen molar-refractivity contribution in [3.8, 4) is 0 Å². The SMILES string of the molecule is Cn1cc(CN2CCN(C(=S)Nc3ccc(F)c(Cl)c3)CC2)cn1. The molecule has 8 heteroatoms. The summed E-state index contributed by atoms with van der Waals surface area (Å²) in [5.41, 5.74) is 1.91. The number of halogens is 2. The van der Waals surface area contributed by atoms with E-state index < -0.39 is 5.82 Å². The minimum atomic E-state index is -0.433. The van der Waals surface area contributed by atoms with Crippen LogP contribution in [0.1, 0.15) is 5.56 Å². The number of hydrogen-bond donors (Lipinski definition) is 1. The van der Waals surface area contributed by atoms with Gasteiger partial charge in [0.05, 0.1) is 11.2 Å². The van der Waals surface area contributed by atoms with Gasteiger partial charge in [0.2, 0.25) is 0 Å². The van der Waals surface area contributed by atoms with Gasteiger partial charge in [-0.05, 0) is 30.4 Å². The maximum absolute atomic E-state index is 13.2. The predicted molar refractivity (Wildman–Crippen MR) is 97.7 cm³/mol. The minimum absolute atomic E-state index is 0.0871. The highest BCUT2D eigenvalue weighted by atomic mass is 35.5. The smallest absolute Gasteiger partial charge is 0.173 e. The van der Waals surface area contributed by atoms with Gasteiger partial charge in [-0.15, -0.1) is 0 Å². The van der Waals surface area contributed by atoms with Crippen molar-refractivity contribution >= 4 is 34.6 Å². The largest absolute Gasteiger partial charge is 0.346 e. The number of piperazine rings is 1. The van der Waals surface area contributed by atoms with Crippen LogP contribution in [0.15, 0.2) is 30.6 Å². The Kier molecular flexibility index (Phi) is 5.33. The molecule has 0 unspecified atom stereocenters. The van der Waals surface area contributed by atoms with E-state index in [2.05, 4.69) is 20.2 Å². The van der Waals surface area contributed by atoms with Crippen LogP contribution < -0.4 is 5.32 Å². The topological polar surface area (TPSA) is 36.3 Å². The number of nitrogens with one attached hydrogen (secondary N) is 1. The number of anilines is 1. The van der Waals surface area contributed by atoms with E-state index >= 15 is 0 Å². The zero-order valence-corrected chi connectivity index (χ0v) is 14.9. The third-order valence-corrected chi connectivity index (χ3v) is 4.64. The van der Waals surface area contributed by atoms with E-state index in [-0.39, 0.29) is 5.02 Å². The van der Waals surface area contributed by atoms with Crippen molar-refractivity contribution in [1.29, 1.82) is 0 Å². The summed E-state index contributed by atoms with van der Waals surface area (Å²) in [6, 6.07) is 4.51. The molecule has 24 heavy (non-hydrogen) atoms. The average Bonchev–Trinajstić information content (AvgIpc) is 2.96. The lowest BCUT2D eigenvalue weighted by Gasteiger charge is -2.36. The van der Waals surface area contributed by atoms with Crippen LogP contribution >= 0.6 is 23.8 Å². The zero-order chi connectivity index (χ0) is 17.1. The number of rotatable bonds is 3. The standard InChI is InChI=1S/C16H19ClFN5S/c1-21-10-12(9-19-21)11-22-4-6-23(7-5-22)16(24)20-13-2-3-15(18)14(17)8-13/h2-3,8-10H,4-7,11H2,1H3,(H,20,24). The van der Waals surface area contributed by atoms with Gasteiger partial charge in [0.15, 0.2) is 5.11 Å². The molecule has 2 heterocycles. The molecule has 0 saturated carbocycles. The van der Waals surface area contributed by atoms with Crippen LogP contribution in [0, 0.1) is 5.82 Å². The Morgan fingerprint density at radius 2 is 2.08 bits per heavy atom. The quantitative estimate of drug-likeness (QED) is 0.844. The molecule has 1 fully saturated rings. The molecule has 1 aromatic heterocycles. The molecule has 1 N–H and O–H groups in total. The first-order valence-corrected chi connectivity index (χ1v) is 8.51. The molecule has 3 rings (SSSR count). The number of nitrogens with zero attached hydrogens (tertiary/aromatic N) is 4. The van der Waals surface area contributed by atoms with E-state index in [0.717, 1.165) is 32.7 Å². The van der Waals surface area contributed by atoms with Crippen LogP contribution in [-0.4, -0.2) is 50.9 Å². The molecule has 1 saturated heterocycles. The van der Waals surface area contributed by atoms with E-state index in [9.17, 15) is 4.39 Å². The Labute approximate surface area is 151 Å². The lowest BCUT2D eigenvalue weighted by atomic mass is 10.2. The molecule has 2 aromatic rings. The molecule has 0 spiro atoms. The molecule has 128 valence electrons. The Morgan fingerprint density at radius 1 is 1.33 bits per heavy atom. The van der Waals surface area contributed by atoms with Gasteiger partial charge in [-0.3, -0.25) is 9.58 Å². The van der Waals surface area contributed by atoms with Gasteiger partial charge in [-0.2, -0.15) is 5.10 Å². The molecule has 0 radical (unpaired) electrons. The summed E-state index contributed by atoms with van der Waals surface area (Å²) in [6.45, 7) is 4.46. The van der Waals surface area contributed by atoms with E-state index in [0.29, 0.717) is 10.8 Å². The fraction of sp³-hybridized carbons (Fsp3) is 0.375. The van der Waals surface area contributed by atoms with Crippen molar-refractivity contribution in [2.75, 3.05) is 31.5 Å². The molecule has 1 aliphatic heterocycles. The van der Waals surface area contributed by atoms with Crippen molar-refractivity contribution in [2.45, 2.75) is 6.54 Å². The van der Waals surface area contributed by atoms with Crippen molar-refractivity contribution in [3.05, 3.63) is 47.0 Å². The summed E-state index contributed by atoms with van der Waals surface area (Å²) in [5.74, 6) is -0.433. The van der Waals surface area contributed by atoms with Gasteiger partial charge in [-0.25, -0.2) is 4.39 Å². The molecule has 0 amide bonds. The molecule has 0 bridgehead atoms. The highest BCUT2D eigenvalue weighted by Crippen LogP contribution is 2.20. The summed E-state index contributed by atoms with van der Waals surface area (Å²) >= 11 is 11.2. The van der Waals surface area contributed by atoms with Crippen molar-refractivity contribution in [2.24, 2.45) is 7.05 Å². The average molecular weight is 368 g/mol. The number of thiocarbonyl (C=S) groups is 1. The summed E-state index contributed by atoms with van der Waals surface area (Å²) in [4.78, 5) is 4.50. The van der Waals surface area contributed by atoms with Crippen LogP contribution in [0.25, 0.3) is 0 Å². The third-order valence-electron chi connectivity index (χ3n) is 3.99. The predicted octanol–water partition coefficient (Wildman–Crippen LogP) is 2.73. The molecule has 1 aliphatic rings. The van der Waals surface area contributed by atoms with Crippen LogP contribution in [0.4, 0.5) is 10.1 Å². The second-order valence-electron chi connectivity index (χ2n) is 5.84. The molecular formula is C16H19ClFN5S. The van der Waals surface area contributed by atoms with E-state index in [4.69, 9.17) is 23.8 Å². The van der Waals surface area contributed by atoms with Gasteiger partial charge in [0, 0.05) is 57.2 Å². The Balaban J connectivity index is 1.50. The normalized spacial score (nSPS) is 15.5. The first-order valence-electron chi connectivity index (χ1n) is 7.72. The van der Waals surface area contributed by atoms with E-state index in [1.165, 1.54) is 11.6 Å². The second kappa shape index (κ2) is 7.46. The van der Waals surface area contributed by atoms with Crippen LogP contribution in [-0.2, 0) is 13.6 Å². The Bertz CT molecular complexity index is 727. The Morgan fingerprint density at radius 3 is 2.71 bits per heavy atom. The fourth-order valence-electron chi connectivity index (χ4n) is 2.70. The van der Waals surface area contributed by atoms with Crippen LogP contribution in [0.5, 0.6) is 0 Å². The molecule has 0 aliphatic carbocycles. The van der Waals surface area contributed by atoms with E-state index in [1.807, 2.05) is 24.1 Å². The minimum Gasteiger partial charge on any atom is -0.346 e. The summed E-state index contributed by atoms with van der Waals surface area (Å²) in [7, 11) is 1.92. The lowest BCUT2D eigenvalue weighted by Crippen LogP contribution is -2.49. The molecule has 1 aromatic carbocycles. The maximum atomic E-state index is 13.2. The molecule has 5 nitrogen and oxygen atoms in total. The van der Waals surface area contributed by atoms with E-state index in [1.54, 1.807) is 12.1 Å². The zero-order valence-electron chi connectivity index (χ0n) is 13.4. The second-order valence-corrected chi connectivity index (χ2v) is 6.64. The number of benzene rings is 1. The van der Waals surface area contributed by atoms with Crippen LogP contribution in [0.3, 0.4) is 0 Å². The fourth-order valence-corrected chi connectivity index (χ4v) is 3.18.